The molecule has 4 rings (SSSR count). The summed E-state index contributed by atoms with van der Waals surface area (Å²) >= 11 is 1.44. The number of methoxy groups -OCH3 is 1. The number of furan rings is 1. The number of hydrogen-bond acceptors (Lipinski definition) is 6. The number of nitrogens with one attached hydrogen (secondary N) is 1. The quantitative estimate of drug-likeness (QED) is 0.519. The van der Waals surface area contributed by atoms with Gasteiger partial charge in [-0.05, 0) is 36.4 Å². The van der Waals surface area contributed by atoms with Crippen molar-refractivity contribution in [3.63, 3.8) is 0 Å². The van der Waals surface area contributed by atoms with E-state index in [1.807, 2.05) is 36.4 Å². The Morgan fingerprint density at radius 1 is 1.11 bits per heavy atom. The van der Waals surface area contributed by atoms with E-state index in [0.29, 0.717) is 17.0 Å². The van der Waals surface area contributed by atoms with E-state index in [1.54, 1.807) is 37.9 Å². The summed E-state index contributed by atoms with van der Waals surface area (Å²) in [6, 6.07) is 14.8. The van der Waals surface area contributed by atoms with Gasteiger partial charge in [-0.25, -0.2) is 9.97 Å². The molecule has 1 amide bonds. The first-order chi connectivity index (χ1) is 13.7. The molecule has 0 fully saturated rings. The van der Waals surface area contributed by atoms with Gasteiger partial charge < -0.3 is 14.5 Å². The lowest BCUT2D eigenvalue weighted by Crippen LogP contribution is -2.14. The number of aromatic nitrogens is 2. The summed E-state index contributed by atoms with van der Waals surface area (Å²) in [5.41, 5.74) is 2.21. The highest BCUT2D eigenvalue weighted by Gasteiger charge is 2.12. The largest absolute Gasteiger partial charge is 0.497 e. The molecule has 4 aromatic rings. The molecule has 28 heavy (non-hydrogen) atoms. The highest BCUT2D eigenvalue weighted by Crippen LogP contribution is 2.27. The average molecular weight is 391 g/mol. The van der Waals surface area contributed by atoms with Gasteiger partial charge in [0, 0.05) is 35.1 Å². The van der Waals surface area contributed by atoms with Crippen LogP contribution in [-0.2, 0) is 11.2 Å². The number of ether oxygens (including phenoxy) is 1. The number of rotatable bonds is 6. The highest BCUT2D eigenvalue weighted by atomic mass is 32.2. The maximum absolute atomic E-state index is 12.5. The standard InChI is InChI=1S/C21H17N3O3S/c1-26-16-5-6-17-14(13-27-18(17)12-16)10-19(25)24-15-7-9-23-21(11-15)28-20-4-2-3-8-22-20/h2-9,11-13H,10H2,1H3,(H,23,24,25). The van der Waals surface area contributed by atoms with E-state index in [9.17, 15) is 4.79 Å². The van der Waals surface area contributed by atoms with Crippen LogP contribution in [0.4, 0.5) is 5.69 Å². The van der Waals surface area contributed by atoms with Gasteiger partial charge in [0.2, 0.25) is 5.91 Å². The van der Waals surface area contributed by atoms with Crippen molar-refractivity contribution in [3.8, 4) is 5.75 Å². The van der Waals surface area contributed by atoms with Crippen LogP contribution in [0.1, 0.15) is 5.56 Å². The number of hydrogen-bond donors (Lipinski definition) is 1. The zero-order valence-electron chi connectivity index (χ0n) is 15.1. The van der Waals surface area contributed by atoms with Crippen molar-refractivity contribution in [1.82, 2.24) is 9.97 Å². The molecule has 0 saturated heterocycles. The minimum Gasteiger partial charge on any atom is -0.497 e. The second kappa shape index (κ2) is 8.14. The molecular formula is C21H17N3O3S. The Labute approximate surface area is 166 Å². The molecule has 1 N–H and O–H groups in total. The zero-order chi connectivity index (χ0) is 19.3. The first kappa shape index (κ1) is 18.1. The molecular weight excluding hydrogens is 374 g/mol. The Bertz CT molecular complexity index is 1110. The fraction of sp³-hybridized carbons (Fsp3) is 0.0952. The fourth-order valence-electron chi connectivity index (χ4n) is 2.76. The molecule has 0 unspecified atom stereocenters. The molecule has 3 heterocycles. The number of carbonyl (C=O) groups excluding carboxylic acids is 1. The van der Waals surface area contributed by atoms with Crippen molar-refractivity contribution in [2.75, 3.05) is 12.4 Å². The van der Waals surface area contributed by atoms with E-state index in [4.69, 9.17) is 9.15 Å². The van der Waals surface area contributed by atoms with Gasteiger partial charge >= 0.3 is 0 Å². The van der Waals surface area contributed by atoms with E-state index in [2.05, 4.69) is 15.3 Å². The Balaban J connectivity index is 1.45. The van der Waals surface area contributed by atoms with Crippen LogP contribution < -0.4 is 10.1 Å². The minimum absolute atomic E-state index is 0.126. The molecule has 0 radical (unpaired) electrons. The highest BCUT2D eigenvalue weighted by molar-refractivity contribution is 7.99. The second-order valence-electron chi connectivity index (χ2n) is 6.00. The average Bonchev–Trinajstić information content (AvgIpc) is 3.10. The van der Waals surface area contributed by atoms with Crippen LogP contribution in [0.5, 0.6) is 5.75 Å². The summed E-state index contributed by atoms with van der Waals surface area (Å²) in [5.74, 6) is 0.589. The van der Waals surface area contributed by atoms with Gasteiger partial charge in [0.15, 0.2) is 0 Å². The summed E-state index contributed by atoms with van der Waals surface area (Å²) in [4.78, 5) is 21.1. The maximum atomic E-state index is 12.5. The lowest BCUT2D eigenvalue weighted by Gasteiger charge is -2.06. The SMILES string of the molecule is COc1ccc2c(CC(=O)Nc3ccnc(Sc4ccccn4)c3)coc2c1. The van der Waals surface area contributed by atoms with Crippen LogP contribution in [0.3, 0.4) is 0 Å². The number of anilines is 1. The van der Waals surface area contributed by atoms with Crippen molar-refractivity contribution < 1.29 is 13.9 Å². The molecule has 0 aliphatic rings. The number of nitrogens with zero attached hydrogens (tertiary/aromatic N) is 2. The number of amides is 1. The fourth-order valence-corrected chi connectivity index (χ4v) is 3.54. The normalized spacial score (nSPS) is 10.8. The van der Waals surface area contributed by atoms with E-state index in [0.717, 1.165) is 21.0 Å². The van der Waals surface area contributed by atoms with Crippen molar-refractivity contribution in [1.29, 1.82) is 0 Å². The van der Waals surface area contributed by atoms with Crippen LogP contribution >= 0.6 is 11.8 Å². The molecule has 0 aliphatic heterocycles. The van der Waals surface area contributed by atoms with Crippen LogP contribution in [-0.4, -0.2) is 23.0 Å². The molecule has 3 aromatic heterocycles. The van der Waals surface area contributed by atoms with Gasteiger partial charge in [0.05, 0.1) is 19.8 Å². The monoisotopic (exact) mass is 391 g/mol. The summed E-state index contributed by atoms with van der Waals surface area (Å²) in [6.07, 6.45) is 5.22. The Morgan fingerprint density at radius 2 is 2.00 bits per heavy atom. The van der Waals surface area contributed by atoms with E-state index in [-0.39, 0.29) is 12.3 Å². The van der Waals surface area contributed by atoms with Crippen molar-refractivity contribution >= 4 is 34.3 Å². The van der Waals surface area contributed by atoms with Gasteiger partial charge in [-0.3, -0.25) is 4.79 Å². The summed E-state index contributed by atoms with van der Waals surface area (Å²) in [5, 5.41) is 5.42. The predicted molar refractivity (Wildman–Crippen MR) is 108 cm³/mol. The molecule has 1 aromatic carbocycles. The van der Waals surface area contributed by atoms with Crippen LogP contribution in [0.15, 0.2) is 81.7 Å². The molecule has 140 valence electrons. The molecule has 7 heteroatoms. The van der Waals surface area contributed by atoms with Crippen molar-refractivity contribution in [2.45, 2.75) is 16.5 Å². The van der Waals surface area contributed by atoms with Gasteiger partial charge in [-0.2, -0.15) is 0 Å². The number of benzene rings is 1. The lowest BCUT2D eigenvalue weighted by atomic mass is 10.1. The first-order valence-corrected chi connectivity index (χ1v) is 9.42. The van der Waals surface area contributed by atoms with E-state index >= 15 is 0 Å². The molecule has 0 bridgehead atoms. The van der Waals surface area contributed by atoms with Gasteiger partial charge in [-0.15, -0.1) is 0 Å². The molecule has 0 aliphatic carbocycles. The van der Waals surface area contributed by atoms with Gasteiger partial charge in [-0.1, -0.05) is 17.8 Å². The number of pyridine rings is 2. The summed E-state index contributed by atoms with van der Waals surface area (Å²) < 4.78 is 10.7. The topological polar surface area (TPSA) is 77.2 Å². The number of fused-ring (bicyclic) bond motifs is 1. The summed E-state index contributed by atoms with van der Waals surface area (Å²) in [7, 11) is 1.60. The van der Waals surface area contributed by atoms with E-state index in [1.165, 1.54) is 11.8 Å². The number of carbonyl (C=O) groups is 1. The van der Waals surface area contributed by atoms with Gasteiger partial charge in [0.25, 0.3) is 0 Å². The Kier molecular flexibility index (Phi) is 5.25. The summed E-state index contributed by atoms with van der Waals surface area (Å²) in [6.45, 7) is 0. The second-order valence-corrected chi connectivity index (χ2v) is 7.04. The van der Waals surface area contributed by atoms with Crippen LogP contribution in [0.25, 0.3) is 11.0 Å². The first-order valence-electron chi connectivity index (χ1n) is 8.60. The minimum atomic E-state index is -0.126. The Hall–Kier alpha value is -3.32. The Morgan fingerprint density at radius 3 is 2.82 bits per heavy atom. The van der Waals surface area contributed by atoms with Gasteiger partial charge in [0.1, 0.15) is 21.4 Å². The molecule has 0 saturated carbocycles. The van der Waals surface area contributed by atoms with E-state index < -0.39 is 0 Å². The third-order valence-electron chi connectivity index (χ3n) is 4.08. The molecule has 0 atom stereocenters. The van der Waals surface area contributed by atoms with Crippen molar-refractivity contribution in [3.05, 3.63) is 72.8 Å². The molecule has 6 nitrogen and oxygen atoms in total. The zero-order valence-corrected chi connectivity index (χ0v) is 15.9. The lowest BCUT2D eigenvalue weighted by molar-refractivity contribution is -0.115. The predicted octanol–water partition coefficient (Wildman–Crippen LogP) is 4.56. The molecule has 0 spiro atoms. The third-order valence-corrected chi connectivity index (χ3v) is 4.96. The smallest absolute Gasteiger partial charge is 0.228 e. The maximum Gasteiger partial charge on any atom is 0.228 e. The van der Waals surface area contributed by atoms with Crippen LogP contribution in [0, 0.1) is 0 Å². The van der Waals surface area contributed by atoms with Crippen molar-refractivity contribution in [2.24, 2.45) is 0 Å². The third kappa shape index (κ3) is 4.15. The van der Waals surface area contributed by atoms with Crippen LogP contribution in [0.2, 0.25) is 0 Å².